The average Bonchev–Trinajstić information content (AvgIpc) is 3.23. The molecule has 0 spiro atoms. The highest BCUT2D eigenvalue weighted by Gasteiger charge is 2.43. The predicted octanol–water partition coefficient (Wildman–Crippen LogP) is 4.37. The van der Waals surface area contributed by atoms with Crippen molar-refractivity contribution in [3.05, 3.63) is 65.4 Å². The Morgan fingerprint density at radius 3 is 2.50 bits per heavy atom. The van der Waals surface area contributed by atoms with Crippen LogP contribution in [0.4, 0.5) is 4.39 Å². The summed E-state index contributed by atoms with van der Waals surface area (Å²) in [5, 5.41) is 1.14. The first-order valence-electron chi connectivity index (χ1n) is 12.6. The number of nitrogens with one attached hydrogen (secondary N) is 1. The van der Waals surface area contributed by atoms with Crippen molar-refractivity contribution in [2.24, 2.45) is 0 Å². The van der Waals surface area contributed by atoms with E-state index in [1.165, 1.54) is 9.87 Å². The van der Waals surface area contributed by atoms with Crippen LogP contribution in [-0.4, -0.2) is 80.0 Å². The molecule has 1 N–H and O–H groups in total. The van der Waals surface area contributed by atoms with E-state index in [1.54, 1.807) is 18.4 Å². The summed E-state index contributed by atoms with van der Waals surface area (Å²) in [6.07, 6.45) is 1.17. The number of H-pyrrole nitrogens is 1. The Morgan fingerprint density at radius 2 is 1.83 bits per heavy atom. The van der Waals surface area contributed by atoms with E-state index in [-0.39, 0.29) is 12.7 Å². The lowest BCUT2D eigenvalue weighted by Crippen LogP contribution is -2.50. The van der Waals surface area contributed by atoms with Crippen LogP contribution in [0.5, 0.6) is 5.75 Å². The van der Waals surface area contributed by atoms with E-state index in [2.05, 4.69) is 22.9 Å². The number of nitrogens with zero attached hydrogens (tertiary/aromatic N) is 3. The second-order valence-corrected chi connectivity index (χ2v) is 11.6. The maximum atomic E-state index is 13.5. The van der Waals surface area contributed by atoms with Crippen LogP contribution >= 0.6 is 0 Å². The highest BCUT2D eigenvalue weighted by Crippen LogP contribution is 2.42. The first-order valence-corrected chi connectivity index (χ1v) is 14.0. The lowest BCUT2D eigenvalue weighted by molar-refractivity contribution is 0.209. The van der Waals surface area contributed by atoms with Crippen molar-refractivity contribution in [1.29, 1.82) is 0 Å². The van der Waals surface area contributed by atoms with Gasteiger partial charge in [0.15, 0.2) is 0 Å². The molecule has 3 aromatic rings. The summed E-state index contributed by atoms with van der Waals surface area (Å²) in [7, 11) is -0.541. The molecule has 0 radical (unpaired) electrons. The summed E-state index contributed by atoms with van der Waals surface area (Å²) in [5.41, 5.74) is 3.98. The molecule has 4 rings (SSSR count). The third kappa shape index (κ3) is 5.29. The van der Waals surface area contributed by atoms with Gasteiger partial charge in [0.2, 0.25) is 0 Å². The van der Waals surface area contributed by atoms with Gasteiger partial charge < -0.3 is 14.6 Å². The molecule has 2 heterocycles. The second-order valence-electron chi connectivity index (χ2n) is 9.53. The average molecular weight is 517 g/mol. The van der Waals surface area contributed by atoms with Gasteiger partial charge in [0.05, 0.1) is 12.7 Å². The van der Waals surface area contributed by atoms with E-state index >= 15 is 0 Å². The molecule has 1 aliphatic rings. The topological polar surface area (TPSA) is 68.9 Å². The Kier molecular flexibility index (Phi) is 8.34. The fraction of sp³-hybridized carbons (Fsp3) is 0.481. The molecule has 0 bridgehead atoms. The maximum absolute atomic E-state index is 13.5. The number of aromatic amines is 1. The van der Waals surface area contributed by atoms with Gasteiger partial charge in [0.1, 0.15) is 12.4 Å². The standard InChI is InChI=1S/C27H37FN4O3S/c1-5-31(16-8-15-28)17-18-35-22-13-11-21(12-14-22)27-26-24(23-9-6-7-10-25(23)29-26)19-20(2)32(27)36(33,34)30(3)4/h6-7,9-14,20,27,29H,5,8,15-19H2,1-4H3/t20-,27-/m1/s1. The molecule has 1 aromatic heterocycles. The highest BCUT2D eigenvalue weighted by molar-refractivity contribution is 7.86. The summed E-state index contributed by atoms with van der Waals surface area (Å²) in [6.45, 7) is 6.53. The van der Waals surface area contributed by atoms with Crippen LogP contribution in [0.2, 0.25) is 0 Å². The second kappa shape index (κ2) is 11.3. The Morgan fingerprint density at radius 1 is 1.11 bits per heavy atom. The number of halogens is 1. The lowest BCUT2D eigenvalue weighted by atomic mass is 9.91. The number of likely N-dealkylation sites (N-methyl/N-ethyl adjacent to an activating group) is 1. The molecule has 2 aromatic carbocycles. The molecular formula is C27H37FN4O3S. The van der Waals surface area contributed by atoms with Crippen LogP contribution < -0.4 is 4.74 Å². The summed E-state index contributed by atoms with van der Waals surface area (Å²) >= 11 is 0. The molecule has 0 unspecified atom stereocenters. The van der Waals surface area contributed by atoms with Gasteiger partial charge in [0.25, 0.3) is 10.2 Å². The fourth-order valence-corrected chi connectivity index (χ4v) is 6.45. The van der Waals surface area contributed by atoms with Crippen molar-refractivity contribution in [3.8, 4) is 5.75 Å². The molecule has 0 saturated heterocycles. The minimum atomic E-state index is -3.69. The zero-order valence-corrected chi connectivity index (χ0v) is 22.4. The first-order chi connectivity index (χ1) is 17.3. The zero-order chi connectivity index (χ0) is 25.9. The van der Waals surface area contributed by atoms with E-state index in [0.717, 1.165) is 47.5 Å². The van der Waals surface area contributed by atoms with Crippen LogP contribution in [0.3, 0.4) is 0 Å². The van der Waals surface area contributed by atoms with Crippen LogP contribution in [0.15, 0.2) is 48.5 Å². The largest absolute Gasteiger partial charge is 0.492 e. The molecule has 36 heavy (non-hydrogen) atoms. The number of fused-ring (bicyclic) bond motifs is 3. The Hall–Kier alpha value is -2.46. The van der Waals surface area contributed by atoms with Gasteiger partial charge in [-0.2, -0.15) is 17.0 Å². The van der Waals surface area contributed by atoms with Crippen LogP contribution in [0.25, 0.3) is 10.9 Å². The van der Waals surface area contributed by atoms with Crippen molar-refractivity contribution >= 4 is 21.1 Å². The van der Waals surface area contributed by atoms with Crippen molar-refractivity contribution in [2.45, 2.75) is 38.8 Å². The highest BCUT2D eigenvalue weighted by atomic mass is 32.2. The molecule has 0 amide bonds. The van der Waals surface area contributed by atoms with Gasteiger partial charge in [-0.25, -0.2) is 0 Å². The lowest BCUT2D eigenvalue weighted by Gasteiger charge is -2.40. The SMILES string of the molecule is CCN(CCCF)CCOc1ccc([C@@H]2c3[nH]c4ccccc4c3C[C@@H](C)N2S(=O)(=O)N(C)C)cc1. The Balaban J connectivity index is 1.63. The number of ether oxygens (including phenoxy) is 1. The number of alkyl halides is 1. The van der Waals surface area contributed by atoms with Crippen LogP contribution in [0.1, 0.15) is 43.1 Å². The smallest absolute Gasteiger partial charge is 0.282 e. The van der Waals surface area contributed by atoms with Crippen molar-refractivity contribution in [1.82, 2.24) is 18.5 Å². The number of aromatic nitrogens is 1. The fourth-order valence-electron chi connectivity index (χ4n) is 5.05. The van der Waals surface area contributed by atoms with Gasteiger partial charge in [-0.3, -0.25) is 4.39 Å². The van der Waals surface area contributed by atoms with E-state index in [4.69, 9.17) is 4.74 Å². The van der Waals surface area contributed by atoms with Crippen LogP contribution in [0, 0.1) is 0 Å². The Bertz CT molecular complexity index is 1260. The molecular weight excluding hydrogens is 479 g/mol. The minimum absolute atomic E-state index is 0.214. The summed E-state index contributed by atoms with van der Waals surface area (Å²) in [5.74, 6) is 0.725. The maximum Gasteiger partial charge on any atom is 0.282 e. The summed E-state index contributed by atoms with van der Waals surface area (Å²) in [4.78, 5) is 5.69. The molecule has 2 atom stereocenters. The molecule has 7 nitrogen and oxygen atoms in total. The van der Waals surface area contributed by atoms with E-state index < -0.39 is 16.3 Å². The molecule has 1 aliphatic heterocycles. The van der Waals surface area contributed by atoms with Crippen LogP contribution in [-0.2, 0) is 16.6 Å². The van der Waals surface area contributed by atoms with E-state index in [0.29, 0.717) is 19.4 Å². The molecule has 196 valence electrons. The molecule has 0 saturated carbocycles. The van der Waals surface area contributed by atoms with Crippen molar-refractivity contribution < 1.29 is 17.5 Å². The quantitative estimate of drug-likeness (QED) is 0.411. The van der Waals surface area contributed by atoms with Gasteiger partial charge in [0, 0.05) is 49.8 Å². The Labute approximate surface area is 214 Å². The van der Waals surface area contributed by atoms with E-state index in [1.807, 2.05) is 49.4 Å². The number of benzene rings is 2. The third-order valence-corrected chi connectivity index (χ3v) is 8.99. The minimum Gasteiger partial charge on any atom is -0.492 e. The normalized spacial score (nSPS) is 18.8. The van der Waals surface area contributed by atoms with Crippen molar-refractivity contribution in [2.75, 3.05) is 47.0 Å². The summed E-state index contributed by atoms with van der Waals surface area (Å²) < 4.78 is 48.3. The number of hydrogen-bond acceptors (Lipinski definition) is 4. The summed E-state index contributed by atoms with van der Waals surface area (Å²) in [6, 6.07) is 15.1. The number of para-hydroxylation sites is 1. The van der Waals surface area contributed by atoms with Gasteiger partial charge >= 0.3 is 0 Å². The first kappa shape index (κ1) is 26.6. The molecule has 0 aliphatic carbocycles. The van der Waals surface area contributed by atoms with Gasteiger partial charge in [-0.1, -0.05) is 37.3 Å². The third-order valence-electron chi connectivity index (χ3n) is 6.96. The molecule has 9 heteroatoms. The van der Waals surface area contributed by atoms with Gasteiger partial charge in [-0.15, -0.1) is 0 Å². The number of hydrogen-bond donors (Lipinski definition) is 1. The number of rotatable bonds is 11. The zero-order valence-electron chi connectivity index (χ0n) is 21.6. The van der Waals surface area contributed by atoms with Gasteiger partial charge in [-0.05, 0) is 55.6 Å². The molecule has 0 fully saturated rings. The predicted molar refractivity (Wildman–Crippen MR) is 142 cm³/mol. The monoisotopic (exact) mass is 516 g/mol. The van der Waals surface area contributed by atoms with E-state index in [9.17, 15) is 12.8 Å². The van der Waals surface area contributed by atoms with Crippen molar-refractivity contribution in [3.63, 3.8) is 0 Å².